The molecule has 1 unspecified atom stereocenters. The van der Waals surface area contributed by atoms with Gasteiger partial charge < -0.3 is 10.1 Å². The Labute approximate surface area is 111 Å². The van der Waals surface area contributed by atoms with Gasteiger partial charge in [-0.3, -0.25) is 9.59 Å². The highest BCUT2D eigenvalue weighted by Gasteiger charge is 2.15. The summed E-state index contributed by atoms with van der Waals surface area (Å²) < 4.78 is 18.8. The number of hydrogen-bond acceptors (Lipinski definition) is 3. The molecule has 1 amide bonds. The van der Waals surface area contributed by atoms with Gasteiger partial charge in [0, 0.05) is 12.6 Å². The first-order valence-electron chi connectivity index (χ1n) is 5.81. The van der Waals surface area contributed by atoms with Crippen molar-refractivity contribution in [3.8, 4) is 5.75 Å². The molecule has 1 aromatic rings. The summed E-state index contributed by atoms with van der Waals surface area (Å²) in [6.07, 6.45) is 0.786. The van der Waals surface area contributed by atoms with Gasteiger partial charge in [0.1, 0.15) is 11.6 Å². The van der Waals surface area contributed by atoms with Gasteiger partial charge in [-0.05, 0) is 26.0 Å². The molecule has 0 aromatic heterocycles. The van der Waals surface area contributed by atoms with Gasteiger partial charge in [0.2, 0.25) is 0 Å². The lowest BCUT2D eigenvalue weighted by Crippen LogP contribution is -2.36. The van der Waals surface area contributed by atoms with Crippen molar-refractivity contribution < 1.29 is 18.7 Å². The molecule has 1 N–H and O–H groups in total. The van der Waals surface area contributed by atoms with Crippen molar-refractivity contribution in [2.45, 2.75) is 20.0 Å². The van der Waals surface area contributed by atoms with Gasteiger partial charge in [0.05, 0.1) is 5.56 Å². The molecule has 0 spiro atoms. The molecule has 0 saturated carbocycles. The Morgan fingerprint density at radius 1 is 1.53 bits per heavy atom. The standard InChI is InChI=1S/C14H16FNO3/c1-4-7-16-14(18)10(3)19-11-5-6-12(9(2)17)13(15)8-11/h4-6,8,10H,1,7H2,2-3H3,(H,16,18). The first-order chi connectivity index (χ1) is 8.95. The van der Waals surface area contributed by atoms with Crippen LogP contribution in [0, 0.1) is 5.82 Å². The summed E-state index contributed by atoms with van der Waals surface area (Å²) in [5.41, 5.74) is -0.00360. The second-order valence-corrected chi connectivity index (χ2v) is 3.99. The lowest BCUT2D eigenvalue weighted by atomic mass is 10.1. The molecule has 4 nitrogen and oxygen atoms in total. The minimum Gasteiger partial charge on any atom is -0.481 e. The summed E-state index contributed by atoms with van der Waals surface area (Å²) in [5.74, 6) is -1.15. The van der Waals surface area contributed by atoms with Crippen LogP contribution in [0.25, 0.3) is 0 Å². The van der Waals surface area contributed by atoms with E-state index in [1.54, 1.807) is 13.0 Å². The predicted octanol–water partition coefficient (Wildman–Crippen LogP) is 2.10. The average molecular weight is 265 g/mol. The fraction of sp³-hybridized carbons (Fsp3) is 0.286. The van der Waals surface area contributed by atoms with Gasteiger partial charge in [0.25, 0.3) is 5.91 Å². The highest BCUT2D eigenvalue weighted by Crippen LogP contribution is 2.18. The molecule has 0 aliphatic rings. The van der Waals surface area contributed by atoms with Crippen molar-refractivity contribution in [2.24, 2.45) is 0 Å². The van der Waals surface area contributed by atoms with Crippen molar-refractivity contribution >= 4 is 11.7 Å². The van der Waals surface area contributed by atoms with Crippen LogP contribution in [0.2, 0.25) is 0 Å². The molecular formula is C14H16FNO3. The third-order valence-electron chi connectivity index (χ3n) is 2.42. The molecule has 0 heterocycles. The third-order valence-corrected chi connectivity index (χ3v) is 2.42. The molecule has 0 bridgehead atoms. The quantitative estimate of drug-likeness (QED) is 0.633. The lowest BCUT2D eigenvalue weighted by Gasteiger charge is -2.14. The molecule has 5 heteroatoms. The molecule has 1 rings (SSSR count). The smallest absolute Gasteiger partial charge is 0.261 e. The van der Waals surface area contributed by atoms with Crippen LogP contribution in [0.15, 0.2) is 30.9 Å². The van der Waals surface area contributed by atoms with Gasteiger partial charge in [0.15, 0.2) is 11.9 Å². The van der Waals surface area contributed by atoms with E-state index in [-0.39, 0.29) is 23.0 Å². The Morgan fingerprint density at radius 3 is 2.74 bits per heavy atom. The Balaban J connectivity index is 2.72. The molecule has 19 heavy (non-hydrogen) atoms. The van der Waals surface area contributed by atoms with Crippen LogP contribution in [0.3, 0.4) is 0 Å². The molecule has 1 aromatic carbocycles. The summed E-state index contributed by atoms with van der Waals surface area (Å²) >= 11 is 0. The van der Waals surface area contributed by atoms with Crippen LogP contribution in [0.1, 0.15) is 24.2 Å². The maximum Gasteiger partial charge on any atom is 0.261 e. The maximum absolute atomic E-state index is 13.5. The van der Waals surface area contributed by atoms with Gasteiger partial charge in [-0.1, -0.05) is 6.08 Å². The van der Waals surface area contributed by atoms with Gasteiger partial charge in [-0.2, -0.15) is 0 Å². The number of amides is 1. The highest BCUT2D eigenvalue weighted by atomic mass is 19.1. The third kappa shape index (κ3) is 4.21. The zero-order chi connectivity index (χ0) is 14.4. The van der Waals surface area contributed by atoms with E-state index >= 15 is 0 Å². The summed E-state index contributed by atoms with van der Waals surface area (Å²) in [5, 5.41) is 2.57. The summed E-state index contributed by atoms with van der Waals surface area (Å²) in [6, 6.07) is 3.88. The van der Waals surface area contributed by atoms with Crippen LogP contribution < -0.4 is 10.1 Å². The number of halogens is 1. The number of Topliss-reactive ketones (excluding diaryl/α,β-unsaturated/α-hetero) is 1. The Kier molecular flexibility index (Phi) is 5.23. The zero-order valence-corrected chi connectivity index (χ0v) is 10.9. The second-order valence-electron chi connectivity index (χ2n) is 3.99. The number of carbonyl (C=O) groups is 2. The lowest BCUT2D eigenvalue weighted by molar-refractivity contribution is -0.127. The van der Waals surface area contributed by atoms with E-state index in [9.17, 15) is 14.0 Å². The van der Waals surface area contributed by atoms with Crippen molar-refractivity contribution in [3.63, 3.8) is 0 Å². The fourth-order valence-electron chi connectivity index (χ4n) is 1.43. The fourth-order valence-corrected chi connectivity index (χ4v) is 1.43. The Hall–Kier alpha value is -2.17. The first kappa shape index (κ1) is 14.9. The van der Waals surface area contributed by atoms with Crippen LogP contribution in [0.4, 0.5) is 4.39 Å². The van der Waals surface area contributed by atoms with Crippen LogP contribution in [-0.2, 0) is 4.79 Å². The monoisotopic (exact) mass is 265 g/mol. The molecule has 0 aliphatic carbocycles. The normalized spacial score (nSPS) is 11.5. The molecule has 0 aliphatic heterocycles. The number of ether oxygens (including phenoxy) is 1. The van der Waals surface area contributed by atoms with Crippen molar-refractivity contribution in [3.05, 3.63) is 42.2 Å². The van der Waals surface area contributed by atoms with Crippen molar-refractivity contribution in [1.29, 1.82) is 0 Å². The first-order valence-corrected chi connectivity index (χ1v) is 5.81. The Morgan fingerprint density at radius 2 is 2.21 bits per heavy atom. The minimum absolute atomic E-state index is 0.00360. The van der Waals surface area contributed by atoms with E-state index in [4.69, 9.17) is 4.74 Å². The number of rotatable bonds is 6. The van der Waals surface area contributed by atoms with E-state index in [0.29, 0.717) is 6.54 Å². The van der Waals surface area contributed by atoms with Crippen molar-refractivity contribution in [2.75, 3.05) is 6.54 Å². The largest absolute Gasteiger partial charge is 0.481 e. The molecule has 0 saturated heterocycles. The molecule has 0 radical (unpaired) electrons. The number of hydrogen-bond donors (Lipinski definition) is 1. The van der Waals surface area contributed by atoms with Crippen LogP contribution in [-0.4, -0.2) is 24.3 Å². The number of ketones is 1. The number of carbonyl (C=O) groups excluding carboxylic acids is 2. The molecule has 1 atom stereocenters. The topological polar surface area (TPSA) is 55.4 Å². The molecule has 0 fully saturated rings. The highest BCUT2D eigenvalue weighted by molar-refractivity contribution is 5.94. The summed E-state index contributed by atoms with van der Waals surface area (Å²) in [4.78, 5) is 22.6. The van der Waals surface area contributed by atoms with Gasteiger partial charge in [-0.15, -0.1) is 6.58 Å². The zero-order valence-electron chi connectivity index (χ0n) is 10.9. The van der Waals surface area contributed by atoms with E-state index < -0.39 is 11.9 Å². The van der Waals surface area contributed by atoms with E-state index in [1.807, 2.05) is 0 Å². The van der Waals surface area contributed by atoms with Crippen LogP contribution >= 0.6 is 0 Å². The SMILES string of the molecule is C=CCNC(=O)C(C)Oc1ccc(C(C)=O)c(F)c1. The van der Waals surface area contributed by atoms with Gasteiger partial charge in [-0.25, -0.2) is 4.39 Å². The Bertz CT molecular complexity index is 499. The molecule has 102 valence electrons. The second kappa shape index (κ2) is 6.68. The number of nitrogens with one attached hydrogen (secondary N) is 1. The summed E-state index contributed by atoms with van der Waals surface area (Å²) in [7, 11) is 0. The number of benzene rings is 1. The molecular weight excluding hydrogens is 249 g/mol. The average Bonchev–Trinajstić information content (AvgIpc) is 2.35. The van der Waals surface area contributed by atoms with E-state index in [0.717, 1.165) is 6.07 Å². The van der Waals surface area contributed by atoms with E-state index in [2.05, 4.69) is 11.9 Å². The van der Waals surface area contributed by atoms with Crippen molar-refractivity contribution in [1.82, 2.24) is 5.32 Å². The van der Waals surface area contributed by atoms with Crippen LogP contribution in [0.5, 0.6) is 5.75 Å². The minimum atomic E-state index is -0.762. The van der Waals surface area contributed by atoms with E-state index in [1.165, 1.54) is 19.1 Å². The predicted molar refractivity (Wildman–Crippen MR) is 69.7 cm³/mol. The van der Waals surface area contributed by atoms with Gasteiger partial charge >= 0.3 is 0 Å². The summed E-state index contributed by atoms with van der Waals surface area (Å²) in [6.45, 7) is 6.65. The maximum atomic E-state index is 13.5.